The van der Waals surface area contributed by atoms with E-state index in [1.165, 1.54) is 0 Å². The third kappa shape index (κ3) is 4.26. The topological polar surface area (TPSA) is 83.7 Å². The number of hydrogen-bond donors (Lipinski definition) is 1. The lowest BCUT2D eigenvalue weighted by Crippen LogP contribution is -2.33. The van der Waals surface area contributed by atoms with Gasteiger partial charge in [-0.15, -0.1) is 0 Å². The SMILES string of the molecule is CCN(CC(C)C(=O)O)C(C)c1ccc(C)c([N+](=O)[O-])c1. The minimum Gasteiger partial charge on any atom is -0.481 e. The molecule has 0 spiro atoms. The maximum Gasteiger partial charge on any atom is 0.307 e. The van der Waals surface area contributed by atoms with E-state index >= 15 is 0 Å². The van der Waals surface area contributed by atoms with Gasteiger partial charge in [0, 0.05) is 24.2 Å². The molecule has 0 radical (unpaired) electrons. The van der Waals surface area contributed by atoms with Crippen LogP contribution in [0.25, 0.3) is 0 Å². The number of benzene rings is 1. The second-order valence-electron chi connectivity index (χ2n) is 5.31. The van der Waals surface area contributed by atoms with Crippen molar-refractivity contribution in [3.8, 4) is 0 Å². The van der Waals surface area contributed by atoms with Crippen LogP contribution < -0.4 is 0 Å². The molecule has 0 aromatic heterocycles. The van der Waals surface area contributed by atoms with Crippen LogP contribution in [0.1, 0.15) is 37.9 Å². The van der Waals surface area contributed by atoms with E-state index in [-0.39, 0.29) is 16.7 Å². The summed E-state index contributed by atoms with van der Waals surface area (Å²) >= 11 is 0. The smallest absolute Gasteiger partial charge is 0.307 e. The number of aryl methyl sites for hydroxylation is 1. The molecule has 0 aliphatic rings. The summed E-state index contributed by atoms with van der Waals surface area (Å²) in [6, 6.07) is 5.10. The third-order valence-electron chi connectivity index (χ3n) is 3.80. The van der Waals surface area contributed by atoms with E-state index in [0.29, 0.717) is 18.7 Å². The number of aliphatic carboxylic acids is 1. The van der Waals surface area contributed by atoms with E-state index in [0.717, 1.165) is 5.56 Å². The molecule has 0 aliphatic heterocycles. The van der Waals surface area contributed by atoms with E-state index < -0.39 is 11.9 Å². The fourth-order valence-electron chi connectivity index (χ4n) is 2.28. The van der Waals surface area contributed by atoms with Crippen molar-refractivity contribution in [3.63, 3.8) is 0 Å². The molecule has 1 aromatic carbocycles. The molecule has 1 rings (SSSR count). The zero-order chi connectivity index (χ0) is 16.2. The van der Waals surface area contributed by atoms with Gasteiger partial charge in [-0.3, -0.25) is 19.8 Å². The Hall–Kier alpha value is -1.95. The summed E-state index contributed by atoms with van der Waals surface area (Å²) in [5.74, 6) is -1.32. The van der Waals surface area contributed by atoms with Crippen molar-refractivity contribution in [3.05, 3.63) is 39.4 Å². The third-order valence-corrected chi connectivity index (χ3v) is 3.80. The van der Waals surface area contributed by atoms with Crippen molar-refractivity contribution >= 4 is 11.7 Å². The van der Waals surface area contributed by atoms with Crippen molar-refractivity contribution in [2.75, 3.05) is 13.1 Å². The summed E-state index contributed by atoms with van der Waals surface area (Å²) < 4.78 is 0. The number of hydrogen-bond acceptors (Lipinski definition) is 4. The molecule has 0 fully saturated rings. The molecule has 6 nitrogen and oxygen atoms in total. The van der Waals surface area contributed by atoms with Crippen LogP contribution in [-0.2, 0) is 4.79 Å². The number of rotatable bonds is 7. The highest BCUT2D eigenvalue weighted by molar-refractivity contribution is 5.69. The molecule has 0 saturated heterocycles. The average Bonchev–Trinajstić information content (AvgIpc) is 2.43. The molecule has 1 N–H and O–H groups in total. The van der Waals surface area contributed by atoms with Gasteiger partial charge in [-0.2, -0.15) is 0 Å². The molecular weight excluding hydrogens is 272 g/mol. The van der Waals surface area contributed by atoms with Gasteiger partial charge < -0.3 is 5.11 Å². The van der Waals surface area contributed by atoms with Crippen LogP contribution in [0.15, 0.2) is 18.2 Å². The van der Waals surface area contributed by atoms with E-state index in [4.69, 9.17) is 5.11 Å². The van der Waals surface area contributed by atoms with E-state index in [2.05, 4.69) is 0 Å². The van der Waals surface area contributed by atoms with Gasteiger partial charge in [-0.25, -0.2) is 0 Å². The van der Waals surface area contributed by atoms with Crippen molar-refractivity contribution in [1.82, 2.24) is 4.90 Å². The fourth-order valence-corrected chi connectivity index (χ4v) is 2.28. The molecule has 116 valence electrons. The number of nitrogens with zero attached hydrogens (tertiary/aromatic N) is 2. The van der Waals surface area contributed by atoms with Crippen molar-refractivity contribution in [1.29, 1.82) is 0 Å². The molecule has 0 saturated carbocycles. The Bertz CT molecular complexity index is 530. The van der Waals surface area contributed by atoms with Crippen LogP contribution in [0, 0.1) is 23.0 Å². The second-order valence-corrected chi connectivity index (χ2v) is 5.31. The van der Waals surface area contributed by atoms with Gasteiger partial charge in [0.15, 0.2) is 0 Å². The Morgan fingerprint density at radius 3 is 2.52 bits per heavy atom. The summed E-state index contributed by atoms with van der Waals surface area (Å²) in [7, 11) is 0. The van der Waals surface area contributed by atoms with Crippen molar-refractivity contribution < 1.29 is 14.8 Å². The number of nitro groups is 1. The van der Waals surface area contributed by atoms with E-state index in [1.54, 1.807) is 26.0 Å². The predicted molar refractivity (Wildman–Crippen MR) is 80.3 cm³/mol. The number of carboxylic acids is 1. The first-order valence-corrected chi connectivity index (χ1v) is 6.99. The monoisotopic (exact) mass is 294 g/mol. The molecule has 21 heavy (non-hydrogen) atoms. The molecule has 2 unspecified atom stereocenters. The summed E-state index contributed by atoms with van der Waals surface area (Å²) in [4.78, 5) is 23.6. The largest absolute Gasteiger partial charge is 0.481 e. The van der Waals surface area contributed by atoms with Gasteiger partial charge in [-0.05, 0) is 26.0 Å². The normalized spacial score (nSPS) is 14.0. The zero-order valence-electron chi connectivity index (χ0n) is 12.9. The van der Waals surface area contributed by atoms with Crippen LogP contribution in [0.2, 0.25) is 0 Å². The maximum absolute atomic E-state index is 11.0. The highest BCUT2D eigenvalue weighted by atomic mass is 16.6. The Kier molecular flexibility index (Phi) is 5.84. The van der Waals surface area contributed by atoms with Crippen molar-refractivity contribution in [2.45, 2.75) is 33.7 Å². The first-order valence-electron chi connectivity index (χ1n) is 6.99. The lowest BCUT2D eigenvalue weighted by atomic mass is 10.0. The van der Waals surface area contributed by atoms with Crippen molar-refractivity contribution in [2.24, 2.45) is 5.92 Å². The molecule has 1 aromatic rings. The maximum atomic E-state index is 11.0. The average molecular weight is 294 g/mol. The highest BCUT2D eigenvalue weighted by Crippen LogP contribution is 2.27. The van der Waals surface area contributed by atoms with Gasteiger partial charge in [0.25, 0.3) is 5.69 Å². The summed E-state index contributed by atoms with van der Waals surface area (Å²) in [5, 5.41) is 20.0. The lowest BCUT2D eigenvalue weighted by Gasteiger charge is -2.29. The standard InChI is InChI=1S/C15H22N2O4/c1-5-16(9-11(3)15(18)19)12(4)13-7-6-10(2)14(8-13)17(20)21/h6-8,11-12H,5,9H2,1-4H3,(H,18,19). The quantitative estimate of drug-likeness (QED) is 0.617. The van der Waals surface area contributed by atoms with Crippen LogP contribution >= 0.6 is 0 Å². The van der Waals surface area contributed by atoms with Gasteiger partial charge >= 0.3 is 5.97 Å². The Balaban J connectivity index is 2.99. The number of carbonyl (C=O) groups is 1. The van der Waals surface area contributed by atoms with Crippen LogP contribution in [-0.4, -0.2) is 34.0 Å². The van der Waals surface area contributed by atoms with Gasteiger partial charge in [0.05, 0.1) is 10.8 Å². The summed E-state index contributed by atoms with van der Waals surface area (Å²) in [6.45, 7) is 8.35. The first-order chi connectivity index (χ1) is 9.77. The lowest BCUT2D eigenvalue weighted by molar-refractivity contribution is -0.385. The molecule has 0 aliphatic carbocycles. The van der Waals surface area contributed by atoms with Crippen LogP contribution in [0.3, 0.4) is 0 Å². The molecular formula is C15H22N2O4. The molecule has 0 bridgehead atoms. The minimum atomic E-state index is -0.837. The van der Waals surface area contributed by atoms with Gasteiger partial charge in [0.1, 0.15) is 0 Å². The fraction of sp³-hybridized carbons (Fsp3) is 0.533. The number of carboxylic acid groups (broad SMARTS) is 1. The van der Waals surface area contributed by atoms with Crippen LogP contribution in [0.4, 0.5) is 5.69 Å². The first kappa shape index (κ1) is 17.1. The molecule has 6 heteroatoms. The zero-order valence-corrected chi connectivity index (χ0v) is 12.9. The van der Waals surface area contributed by atoms with E-state index in [1.807, 2.05) is 24.8 Å². The Morgan fingerprint density at radius 2 is 2.05 bits per heavy atom. The molecule has 0 heterocycles. The summed E-state index contributed by atoms with van der Waals surface area (Å²) in [5.41, 5.74) is 1.55. The minimum absolute atomic E-state index is 0.0731. The predicted octanol–water partition coefficient (Wildman–Crippen LogP) is 3.01. The Labute approximate surface area is 124 Å². The van der Waals surface area contributed by atoms with Gasteiger partial charge in [-0.1, -0.05) is 26.0 Å². The molecule has 2 atom stereocenters. The Morgan fingerprint density at radius 1 is 1.43 bits per heavy atom. The van der Waals surface area contributed by atoms with Gasteiger partial charge in [0.2, 0.25) is 0 Å². The highest BCUT2D eigenvalue weighted by Gasteiger charge is 2.22. The second kappa shape index (κ2) is 7.17. The summed E-state index contributed by atoms with van der Waals surface area (Å²) in [6.07, 6.45) is 0. The van der Waals surface area contributed by atoms with Crippen LogP contribution in [0.5, 0.6) is 0 Å². The number of nitro benzene ring substituents is 1. The van der Waals surface area contributed by atoms with E-state index in [9.17, 15) is 14.9 Å². The molecule has 0 amide bonds.